The summed E-state index contributed by atoms with van der Waals surface area (Å²) in [6.45, 7) is 5.26. The number of thiophene rings is 1. The van der Waals surface area contributed by atoms with E-state index in [2.05, 4.69) is 10.1 Å². The second-order valence-electron chi connectivity index (χ2n) is 6.11. The summed E-state index contributed by atoms with van der Waals surface area (Å²) in [7, 11) is 1.80. The summed E-state index contributed by atoms with van der Waals surface area (Å²) in [5.74, 6) is 1.12. The largest absolute Gasteiger partial charge is 0.345 e. The van der Waals surface area contributed by atoms with Crippen LogP contribution in [0.1, 0.15) is 26.2 Å². The van der Waals surface area contributed by atoms with E-state index in [1.807, 2.05) is 31.4 Å². The van der Waals surface area contributed by atoms with Crippen molar-refractivity contribution in [2.75, 3.05) is 20.1 Å². The molecule has 0 radical (unpaired) electrons. The average molecular weight is 359 g/mol. The van der Waals surface area contributed by atoms with Gasteiger partial charge in [-0.25, -0.2) is 0 Å². The van der Waals surface area contributed by atoms with Crippen molar-refractivity contribution in [1.82, 2.24) is 15.0 Å². The Kier molecular flexibility index (Phi) is 7.18. The molecule has 23 heavy (non-hydrogen) atoms. The third-order valence-electron chi connectivity index (χ3n) is 3.41. The Morgan fingerprint density at radius 2 is 2.22 bits per heavy atom. The van der Waals surface area contributed by atoms with Crippen molar-refractivity contribution >= 4 is 29.7 Å². The lowest BCUT2D eigenvalue weighted by molar-refractivity contribution is -0.131. The standard InChI is InChI=1S/C15H22N4O2S.ClH/c1-15(2,9-16)10-19(3)13(20)7-6-12-17-14(18-21-12)11-5-4-8-22-11;/h4-5,8H,6-7,9-10,16H2,1-3H3;1H. The van der Waals surface area contributed by atoms with E-state index < -0.39 is 0 Å². The van der Waals surface area contributed by atoms with E-state index in [0.717, 1.165) is 4.88 Å². The van der Waals surface area contributed by atoms with Gasteiger partial charge in [-0.1, -0.05) is 25.1 Å². The normalized spacial score (nSPS) is 11.1. The Morgan fingerprint density at radius 1 is 1.48 bits per heavy atom. The van der Waals surface area contributed by atoms with Gasteiger partial charge < -0.3 is 15.2 Å². The highest BCUT2D eigenvalue weighted by Crippen LogP contribution is 2.21. The predicted octanol–water partition coefficient (Wildman–Crippen LogP) is 2.60. The number of carbonyl (C=O) groups excluding carboxylic acids is 1. The van der Waals surface area contributed by atoms with Gasteiger partial charge in [0.05, 0.1) is 4.88 Å². The molecule has 0 aliphatic heterocycles. The molecule has 6 nitrogen and oxygen atoms in total. The lowest BCUT2D eigenvalue weighted by Gasteiger charge is -2.29. The summed E-state index contributed by atoms with van der Waals surface area (Å²) in [5, 5.41) is 5.90. The monoisotopic (exact) mass is 358 g/mol. The number of hydrogen-bond donors (Lipinski definition) is 1. The maximum Gasteiger partial charge on any atom is 0.227 e. The number of rotatable bonds is 7. The summed E-state index contributed by atoms with van der Waals surface area (Å²) in [4.78, 5) is 19.1. The van der Waals surface area contributed by atoms with Gasteiger partial charge in [0.15, 0.2) is 0 Å². The molecule has 8 heteroatoms. The van der Waals surface area contributed by atoms with Gasteiger partial charge in [-0.05, 0) is 23.4 Å². The summed E-state index contributed by atoms with van der Waals surface area (Å²) in [6, 6.07) is 3.88. The molecule has 2 rings (SSSR count). The minimum absolute atomic E-state index is 0. The molecular formula is C15H23ClN4O2S. The quantitative estimate of drug-likeness (QED) is 0.822. The number of aromatic nitrogens is 2. The van der Waals surface area contributed by atoms with Crippen LogP contribution in [0.15, 0.2) is 22.0 Å². The first kappa shape index (κ1) is 19.6. The van der Waals surface area contributed by atoms with E-state index in [1.54, 1.807) is 23.3 Å². The van der Waals surface area contributed by atoms with E-state index in [4.69, 9.17) is 10.3 Å². The van der Waals surface area contributed by atoms with Gasteiger partial charge in [-0.3, -0.25) is 4.79 Å². The van der Waals surface area contributed by atoms with Gasteiger partial charge in [0.1, 0.15) is 0 Å². The first-order chi connectivity index (χ1) is 10.4. The number of amides is 1. The van der Waals surface area contributed by atoms with Crippen molar-refractivity contribution in [2.24, 2.45) is 11.1 Å². The summed E-state index contributed by atoms with van der Waals surface area (Å²) in [6.07, 6.45) is 0.799. The van der Waals surface area contributed by atoms with Gasteiger partial charge in [0.2, 0.25) is 17.6 Å². The summed E-state index contributed by atoms with van der Waals surface area (Å²) in [5.41, 5.74) is 5.62. The van der Waals surface area contributed by atoms with Crippen LogP contribution in [0.4, 0.5) is 0 Å². The molecule has 2 aromatic heterocycles. The number of nitrogens with two attached hydrogens (primary N) is 1. The minimum atomic E-state index is -0.0821. The summed E-state index contributed by atoms with van der Waals surface area (Å²) >= 11 is 1.56. The van der Waals surface area contributed by atoms with Crippen molar-refractivity contribution in [3.8, 4) is 10.7 Å². The van der Waals surface area contributed by atoms with Crippen LogP contribution in [0, 0.1) is 5.41 Å². The molecule has 0 unspecified atom stereocenters. The zero-order valence-corrected chi connectivity index (χ0v) is 15.2. The molecule has 0 spiro atoms. The summed E-state index contributed by atoms with van der Waals surface area (Å²) < 4.78 is 5.20. The molecule has 128 valence electrons. The molecule has 2 heterocycles. The molecule has 0 saturated heterocycles. The van der Waals surface area contributed by atoms with Crippen LogP contribution in [0.2, 0.25) is 0 Å². The third-order valence-corrected chi connectivity index (χ3v) is 4.27. The van der Waals surface area contributed by atoms with E-state index in [0.29, 0.717) is 37.6 Å². The van der Waals surface area contributed by atoms with Gasteiger partial charge >= 0.3 is 0 Å². The molecule has 2 N–H and O–H groups in total. The highest BCUT2D eigenvalue weighted by molar-refractivity contribution is 7.13. The maximum absolute atomic E-state index is 12.1. The van der Waals surface area contributed by atoms with Crippen LogP contribution in [0.5, 0.6) is 0 Å². The van der Waals surface area contributed by atoms with Crippen LogP contribution in [0.25, 0.3) is 10.7 Å². The van der Waals surface area contributed by atoms with Crippen molar-refractivity contribution in [3.63, 3.8) is 0 Å². The molecule has 0 aliphatic carbocycles. The number of hydrogen-bond acceptors (Lipinski definition) is 6. The smallest absolute Gasteiger partial charge is 0.227 e. The fourth-order valence-corrected chi connectivity index (χ4v) is 2.71. The van der Waals surface area contributed by atoms with Crippen LogP contribution in [-0.4, -0.2) is 41.1 Å². The van der Waals surface area contributed by atoms with Gasteiger partial charge in [0.25, 0.3) is 0 Å². The number of halogens is 1. The maximum atomic E-state index is 12.1. The Balaban J connectivity index is 0.00000264. The third kappa shape index (κ3) is 5.60. The van der Waals surface area contributed by atoms with Crippen molar-refractivity contribution in [1.29, 1.82) is 0 Å². The molecule has 2 aromatic rings. The average Bonchev–Trinajstić information content (AvgIpc) is 3.14. The van der Waals surface area contributed by atoms with E-state index in [-0.39, 0.29) is 23.7 Å². The van der Waals surface area contributed by atoms with Crippen LogP contribution in [0.3, 0.4) is 0 Å². The lowest BCUT2D eigenvalue weighted by Crippen LogP contribution is -2.39. The molecule has 1 amide bonds. The van der Waals surface area contributed by atoms with Crippen LogP contribution >= 0.6 is 23.7 Å². The molecule has 0 bridgehead atoms. The van der Waals surface area contributed by atoms with Crippen molar-refractivity contribution < 1.29 is 9.32 Å². The second-order valence-corrected chi connectivity index (χ2v) is 7.05. The van der Waals surface area contributed by atoms with E-state index in [1.165, 1.54) is 0 Å². The Bertz CT molecular complexity index is 613. The van der Waals surface area contributed by atoms with Gasteiger partial charge in [-0.15, -0.1) is 23.7 Å². The SMILES string of the molecule is CN(CC(C)(C)CN)C(=O)CCc1nc(-c2cccs2)no1.Cl. The Morgan fingerprint density at radius 3 is 2.83 bits per heavy atom. The number of nitrogens with zero attached hydrogens (tertiary/aromatic N) is 3. The van der Waals surface area contributed by atoms with Crippen molar-refractivity contribution in [2.45, 2.75) is 26.7 Å². The molecule has 0 fully saturated rings. The molecule has 0 saturated carbocycles. The molecule has 0 atom stereocenters. The van der Waals surface area contributed by atoms with Crippen molar-refractivity contribution in [3.05, 3.63) is 23.4 Å². The number of aryl methyl sites for hydroxylation is 1. The Hall–Kier alpha value is -1.44. The van der Waals surface area contributed by atoms with E-state index in [9.17, 15) is 4.79 Å². The molecular weight excluding hydrogens is 336 g/mol. The minimum Gasteiger partial charge on any atom is -0.345 e. The first-order valence-corrected chi connectivity index (χ1v) is 8.10. The zero-order chi connectivity index (χ0) is 16.2. The lowest BCUT2D eigenvalue weighted by atomic mass is 9.93. The molecule has 0 aliphatic rings. The highest BCUT2D eigenvalue weighted by Gasteiger charge is 2.21. The molecule has 0 aromatic carbocycles. The van der Waals surface area contributed by atoms with Crippen LogP contribution in [-0.2, 0) is 11.2 Å². The fourth-order valence-electron chi connectivity index (χ4n) is 2.06. The van der Waals surface area contributed by atoms with Gasteiger partial charge in [-0.2, -0.15) is 4.98 Å². The zero-order valence-electron chi connectivity index (χ0n) is 13.6. The highest BCUT2D eigenvalue weighted by atomic mass is 35.5. The number of carbonyl (C=O) groups is 1. The fraction of sp³-hybridized carbons (Fsp3) is 0.533. The van der Waals surface area contributed by atoms with Crippen LogP contribution < -0.4 is 5.73 Å². The topological polar surface area (TPSA) is 85.2 Å². The van der Waals surface area contributed by atoms with E-state index >= 15 is 0 Å². The second kappa shape index (κ2) is 8.42. The Labute approximate surface area is 146 Å². The first-order valence-electron chi connectivity index (χ1n) is 7.22. The van der Waals surface area contributed by atoms with Gasteiger partial charge in [0, 0.05) is 26.4 Å². The predicted molar refractivity (Wildman–Crippen MR) is 93.7 cm³/mol.